The Balaban J connectivity index is 2.15. The van der Waals surface area contributed by atoms with Crippen LogP contribution in [0.25, 0.3) is 0 Å². The van der Waals surface area contributed by atoms with Gasteiger partial charge in [0.15, 0.2) is 11.5 Å². The highest BCUT2D eigenvalue weighted by Gasteiger charge is 2.19. The molecule has 7 heteroatoms. The van der Waals surface area contributed by atoms with E-state index in [0.29, 0.717) is 16.1 Å². The lowest BCUT2D eigenvalue weighted by Crippen LogP contribution is -2.26. The lowest BCUT2D eigenvalue weighted by Gasteiger charge is -2.07. The average Bonchev–Trinajstić information content (AvgIpc) is 2.66. The Morgan fingerprint density at radius 2 is 1.59 bits per heavy atom. The van der Waals surface area contributed by atoms with Gasteiger partial charge in [-0.2, -0.15) is 5.10 Å². The number of carbonyl (C=O) groups is 3. The number of rotatable bonds is 7. The molecule has 2 rings (SSSR count). The molecule has 0 unspecified atom stereocenters. The zero-order chi connectivity index (χ0) is 19.8. The third-order valence-corrected chi connectivity index (χ3v) is 3.86. The van der Waals surface area contributed by atoms with Crippen LogP contribution >= 0.6 is 11.6 Å². The van der Waals surface area contributed by atoms with Crippen LogP contribution in [0.5, 0.6) is 0 Å². The number of halogens is 1. The molecule has 0 atom stereocenters. The Kier molecular flexibility index (Phi) is 7.25. The number of nitrogens with zero attached hydrogens (tertiary/aromatic N) is 1. The second-order valence-corrected chi connectivity index (χ2v) is 6.13. The molecule has 0 saturated heterocycles. The molecule has 0 spiro atoms. The molecule has 0 aromatic heterocycles. The molecule has 0 fully saturated rings. The van der Waals surface area contributed by atoms with Gasteiger partial charge >= 0.3 is 5.97 Å². The number of hydrogen-bond acceptors (Lipinski definition) is 5. The molecule has 2 aromatic rings. The van der Waals surface area contributed by atoms with Crippen LogP contribution in [0.3, 0.4) is 0 Å². The van der Waals surface area contributed by atoms with E-state index in [0.717, 1.165) is 5.56 Å². The van der Waals surface area contributed by atoms with Gasteiger partial charge in [0.2, 0.25) is 0 Å². The van der Waals surface area contributed by atoms with Crippen LogP contribution in [0.15, 0.2) is 53.6 Å². The molecule has 140 valence electrons. The highest BCUT2D eigenvalue weighted by atomic mass is 35.5. The molecule has 1 amide bonds. The molecule has 0 aliphatic carbocycles. The predicted molar refractivity (Wildman–Crippen MR) is 103 cm³/mol. The number of amides is 1. The van der Waals surface area contributed by atoms with Gasteiger partial charge in [0, 0.05) is 16.1 Å². The van der Waals surface area contributed by atoms with Gasteiger partial charge in [-0.1, -0.05) is 41.4 Å². The van der Waals surface area contributed by atoms with Gasteiger partial charge in [-0.25, -0.2) is 10.2 Å². The summed E-state index contributed by atoms with van der Waals surface area (Å²) >= 11 is 5.79. The Bertz CT molecular complexity index is 859. The number of carbonyl (C=O) groups excluding carboxylic acids is 3. The van der Waals surface area contributed by atoms with E-state index in [4.69, 9.17) is 16.3 Å². The third-order valence-electron chi connectivity index (χ3n) is 3.61. The predicted octanol–water partition coefficient (Wildman–Crippen LogP) is 3.57. The zero-order valence-electron chi connectivity index (χ0n) is 15.0. The number of ketones is 1. The van der Waals surface area contributed by atoms with Crippen molar-refractivity contribution in [1.29, 1.82) is 0 Å². The number of Topliss-reactive ketones (excluding diaryl/α,β-unsaturated/α-hetero) is 1. The van der Waals surface area contributed by atoms with Crippen LogP contribution in [-0.4, -0.2) is 30.0 Å². The Hall–Kier alpha value is -2.99. The molecule has 0 radical (unpaired) electrons. The van der Waals surface area contributed by atoms with Crippen molar-refractivity contribution in [3.05, 3.63) is 70.2 Å². The molecule has 6 nitrogen and oxygen atoms in total. The van der Waals surface area contributed by atoms with E-state index >= 15 is 0 Å². The number of aryl methyl sites for hydroxylation is 1. The number of esters is 1. The number of nitrogens with one attached hydrogen (secondary N) is 1. The molecule has 0 heterocycles. The summed E-state index contributed by atoms with van der Waals surface area (Å²) in [6, 6.07) is 13.1. The fraction of sp³-hybridized carbons (Fsp3) is 0.200. The minimum atomic E-state index is -0.755. The van der Waals surface area contributed by atoms with Crippen molar-refractivity contribution >= 4 is 35.0 Å². The van der Waals surface area contributed by atoms with Gasteiger partial charge in [0.25, 0.3) is 5.91 Å². The number of ether oxygens (including phenoxy) is 1. The van der Waals surface area contributed by atoms with Gasteiger partial charge in [0.05, 0.1) is 13.0 Å². The van der Waals surface area contributed by atoms with Crippen LogP contribution in [0, 0.1) is 6.92 Å². The standard InChI is InChI=1S/C20H19ClN2O4/c1-3-27-20(26)17(12-18(24)14-6-4-13(2)5-7-14)22-23-19(25)15-8-10-16(21)11-9-15/h4-11H,3,12H2,1-2H3,(H,23,25). The Morgan fingerprint density at radius 3 is 2.19 bits per heavy atom. The van der Waals surface area contributed by atoms with Crippen molar-refractivity contribution in [3.63, 3.8) is 0 Å². The molecule has 0 saturated carbocycles. The summed E-state index contributed by atoms with van der Waals surface area (Å²) in [6.45, 7) is 3.68. The van der Waals surface area contributed by atoms with Crippen molar-refractivity contribution in [3.8, 4) is 0 Å². The third kappa shape index (κ3) is 6.04. The Morgan fingerprint density at radius 1 is 1.00 bits per heavy atom. The second-order valence-electron chi connectivity index (χ2n) is 5.69. The van der Waals surface area contributed by atoms with Gasteiger partial charge in [-0.3, -0.25) is 9.59 Å². The number of benzene rings is 2. The first kappa shape index (κ1) is 20.3. The van der Waals surface area contributed by atoms with Crippen LogP contribution in [0.4, 0.5) is 0 Å². The quantitative estimate of drug-likeness (QED) is 0.341. The minimum absolute atomic E-state index is 0.127. The minimum Gasteiger partial charge on any atom is -0.461 e. The van der Waals surface area contributed by atoms with E-state index in [1.165, 1.54) is 12.1 Å². The van der Waals surface area contributed by atoms with Crippen LogP contribution in [-0.2, 0) is 9.53 Å². The van der Waals surface area contributed by atoms with Crippen LogP contribution in [0.2, 0.25) is 5.02 Å². The molecular formula is C20H19ClN2O4. The summed E-state index contributed by atoms with van der Waals surface area (Å²) < 4.78 is 4.92. The molecule has 27 heavy (non-hydrogen) atoms. The topological polar surface area (TPSA) is 84.8 Å². The largest absolute Gasteiger partial charge is 0.461 e. The van der Waals surface area contributed by atoms with Crippen LogP contribution in [0.1, 0.15) is 39.6 Å². The molecule has 2 aromatic carbocycles. The van der Waals surface area contributed by atoms with Gasteiger partial charge in [-0.05, 0) is 38.1 Å². The first-order valence-electron chi connectivity index (χ1n) is 8.30. The average molecular weight is 387 g/mol. The molecule has 1 N–H and O–H groups in total. The maximum Gasteiger partial charge on any atom is 0.354 e. The number of hydrogen-bond donors (Lipinski definition) is 1. The number of hydrazone groups is 1. The summed E-state index contributed by atoms with van der Waals surface area (Å²) in [5, 5.41) is 4.30. The van der Waals surface area contributed by atoms with Crippen molar-refractivity contribution in [2.45, 2.75) is 20.3 Å². The van der Waals surface area contributed by atoms with Gasteiger partial charge in [0.1, 0.15) is 0 Å². The fourth-order valence-corrected chi connectivity index (χ4v) is 2.28. The first-order chi connectivity index (χ1) is 12.9. The monoisotopic (exact) mass is 386 g/mol. The fourth-order valence-electron chi connectivity index (χ4n) is 2.15. The van der Waals surface area contributed by atoms with Gasteiger partial charge in [-0.15, -0.1) is 0 Å². The zero-order valence-corrected chi connectivity index (χ0v) is 15.7. The van der Waals surface area contributed by atoms with E-state index in [-0.39, 0.29) is 24.5 Å². The second kappa shape index (κ2) is 9.64. The molecule has 0 aliphatic rings. The smallest absolute Gasteiger partial charge is 0.354 e. The van der Waals surface area contributed by atoms with E-state index in [9.17, 15) is 14.4 Å². The summed E-state index contributed by atoms with van der Waals surface area (Å²) in [7, 11) is 0. The summed E-state index contributed by atoms with van der Waals surface area (Å²) in [4.78, 5) is 36.6. The van der Waals surface area contributed by atoms with E-state index in [1.807, 2.05) is 6.92 Å². The van der Waals surface area contributed by atoms with E-state index in [1.54, 1.807) is 43.3 Å². The highest BCUT2D eigenvalue weighted by molar-refractivity contribution is 6.40. The van der Waals surface area contributed by atoms with Crippen molar-refractivity contribution in [1.82, 2.24) is 5.43 Å². The summed E-state index contributed by atoms with van der Waals surface area (Å²) in [5.41, 5.74) is 3.88. The van der Waals surface area contributed by atoms with Crippen molar-refractivity contribution in [2.24, 2.45) is 5.10 Å². The highest BCUT2D eigenvalue weighted by Crippen LogP contribution is 2.10. The van der Waals surface area contributed by atoms with Crippen molar-refractivity contribution < 1.29 is 19.1 Å². The first-order valence-corrected chi connectivity index (χ1v) is 8.68. The van der Waals surface area contributed by atoms with E-state index < -0.39 is 11.9 Å². The molecule has 0 bridgehead atoms. The van der Waals surface area contributed by atoms with Gasteiger partial charge < -0.3 is 4.74 Å². The maximum absolute atomic E-state index is 12.4. The normalized spacial score (nSPS) is 11.0. The molecule has 0 aliphatic heterocycles. The lowest BCUT2D eigenvalue weighted by molar-refractivity contribution is -0.135. The SMILES string of the molecule is CCOC(=O)C(CC(=O)c1ccc(C)cc1)=NNC(=O)c1ccc(Cl)cc1. The molecular weight excluding hydrogens is 368 g/mol. The van der Waals surface area contributed by atoms with Crippen LogP contribution < -0.4 is 5.43 Å². The lowest BCUT2D eigenvalue weighted by atomic mass is 10.0. The Labute approximate surface area is 162 Å². The van der Waals surface area contributed by atoms with E-state index in [2.05, 4.69) is 10.5 Å². The maximum atomic E-state index is 12.4. The van der Waals surface area contributed by atoms with Crippen molar-refractivity contribution in [2.75, 3.05) is 6.61 Å². The summed E-state index contributed by atoms with van der Waals surface area (Å²) in [6.07, 6.45) is -0.289. The summed E-state index contributed by atoms with van der Waals surface area (Å²) in [5.74, 6) is -1.59.